The Labute approximate surface area is 82.6 Å². The van der Waals surface area contributed by atoms with Gasteiger partial charge in [0.1, 0.15) is 6.73 Å². The summed E-state index contributed by atoms with van der Waals surface area (Å²) in [6.45, 7) is 5.90. The lowest BCUT2D eigenvalue weighted by Crippen LogP contribution is -2.24. The number of nitrogens with one attached hydrogen (secondary N) is 1. The third kappa shape index (κ3) is 7.83. The van der Waals surface area contributed by atoms with Gasteiger partial charge >= 0.3 is 0 Å². The molecule has 0 rings (SSSR count). The van der Waals surface area contributed by atoms with Crippen molar-refractivity contribution in [1.82, 2.24) is 5.32 Å². The van der Waals surface area contributed by atoms with Crippen molar-refractivity contribution in [2.45, 2.75) is 18.6 Å². The molecule has 0 heterocycles. The second-order valence-corrected chi connectivity index (χ2v) is 3.52. The quantitative estimate of drug-likeness (QED) is 0.284. The van der Waals surface area contributed by atoms with Crippen LogP contribution in [0.2, 0.25) is 0 Å². The van der Waals surface area contributed by atoms with Crippen LogP contribution >= 0.6 is 12.0 Å². The van der Waals surface area contributed by atoms with E-state index >= 15 is 0 Å². The third-order valence-corrected chi connectivity index (χ3v) is 1.98. The molecule has 76 valence electrons. The van der Waals surface area contributed by atoms with Crippen molar-refractivity contribution in [3.05, 3.63) is 12.7 Å². The predicted molar refractivity (Wildman–Crippen MR) is 53.5 cm³/mol. The highest BCUT2D eigenvalue weighted by atomic mass is 32.2. The fourth-order valence-electron chi connectivity index (χ4n) is 0.568. The maximum Gasteiger partial charge on any atom is 0.245 e. The molecule has 13 heavy (non-hydrogen) atoms. The van der Waals surface area contributed by atoms with Gasteiger partial charge in [-0.15, -0.1) is 0 Å². The normalized spacial score (nSPS) is 12.2. The van der Waals surface area contributed by atoms with Gasteiger partial charge in [-0.25, -0.2) is 0 Å². The van der Waals surface area contributed by atoms with Crippen LogP contribution in [-0.2, 0) is 9.53 Å². The first-order chi connectivity index (χ1) is 6.20. The van der Waals surface area contributed by atoms with Crippen LogP contribution in [0.4, 0.5) is 0 Å². The van der Waals surface area contributed by atoms with Crippen molar-refractivity contribution in [2.24, 2.45) is 0 Å². The van der Waals surface area contributed by atoms with Crippen LogP contribution in [0.25, 0.3) is 0 Å². The Morgan fingerprint density at radius 2 is 2.54 bits per heavy atom. The number of hydrogen-bond donors (Lipinski definition) is 2. The zero-order valence-electron chi connectivity index (χ0n) is 7.66. The standard InChI is InChI=1S/C8H15NO3S/c1-3-8(10)9-6-12-5-4-7(2)13-11/h3,7,11H,1,4-6H2,2H3,(H,9,10). The molecule has 0 bridgehead atoms. The first kappa shape index (κ1) is 12.5. The zero-order valence-corrected chi connectivity index (χ0v) is 8.47. The monoisotopic (exact) mass is 205 g/mol. The molecular formula is C8H15NO3S. The van der Waals surface area contributed by atoms with Gasteiger partial charge in [-0.1, -0.05) is 13.5 Å². The van der Waals surface area contributed by atoms with E-state index in [9.17, 15) is 4.79 Å². The molecule has 4 nitrogen and oxygen atoms in total. The lowest BCUT2D eigenvalue weighted by Gasteiger charge is -2.07. The molecule has 0 aliphatic carbocycles. The zero-order chi connectivity index (χ0) is 10.1. The molecule has 0 aliphatic heterocycles. The van der Waals surface area contributed by atoms with Crippen LogP contribution in [0.15, 0.2) is 12.7 Å². The van der Waals surface area contributed by atoms with E-state index in [1.54, 1.807) is 0 Å². The molecule has 0 fully saturated rings. The fraction of sp³-hybridized carbons (Fsp3) is 0.625. The van der Waals surface area contributed by atoms with E-state index < -0.39 is 0 Å². The van der Waals surface area contributed by atoms with E-state index in [1.807, 2.05) is 6.92 Å². The van der Waals surface area contributed by atoms with Gasteiger partial charge in [0.05, 0.1) is 6.61 Å². The van der Waals surface area contributed by atoms with Crippen molar-refractivity contribution in [1.29, 1.82) is 0 Å². The molecule has 0 aromatic carbocycles. The molecule has 0 spiro atoms. The molecule has 1 amide bonds. The van der Waals surface area contributed by atoms with E-state index in [-0.39, 0.29) is 17.9 Å². The molecule has 0 radical (unpaired) electrons. The SMILES string of the molecule is C=CC(=O)NCOCCC(C)SO. The fourth-order valence-corrected chi connectivity index (χ4v) is 0.770. The van der Waals surface area contributed by atoms with Gasteiger partial charge in [0.25, 0.3) is 0 Å². The van der Waals surface area contributed by atoms with Crippen LogP contribution in [0.1, 0.15) is 13.3 Å². The molecule has 0 saturated carbocycles. The van der Waals surface area contributed by atoms with Gasteiger partial charge in [0, 0.05) is 5.25 Å². The topological polar surface area (TPSA) is 58.6 Å². The van der Waals surface area contributed by atoms with Crippen molar-refractivity contribution < 1.29 is 14.1 Å². The minimum atomic E-state index is -0.246. The number of hydrogen-bond acceptors (Lipinski definition) is 4. The maximum absolute atomic E-state index is 10.6. The van der Waals surface area contributed by atoms with E-state index in [0.29, 0.717) is 6.61 Å². The average molecular weight is 205 g/mol. The Kier molecular flexibility index (Phi) is 7.77. The molecule has 0 aromatic rings. The van der Waals surface area contributed by atoms with Crippen LogP contribution < -0.4 is 5.32 Å². The number of ether oxygens (including phenoxy) is 1. The summed E-state index contributed by atoms with van der Waals surface area (Å²) in [5.41, 5.74) is 0. The minimum Gasteiger partial charge on any atom is -0.361 e. The molecule has 1 unspecified atom stereocenters. The second kappa shape index (κ2) is 8.10. The summed E-state index contributed by atoms with van der Waals surface area (Å²) < 4.78 is 13.7. The largest absolute Gasteiger partial charge is 0.361 e. The lowest BCUT2D eigenvalue weighted by molar-refractivity contribution is -0.118. The van der Waals surface area contributed by atoms with E-state index in [0.717, 1.165) is 18.5 Å². The van der Waals surface area contributed by atoms with Crippen molar-refractivity contribution in [2.75, 3.05) is 13.3 Å². The lowest BCUT2D eigenvalue weighted by atomic mass is 10.3. The summed E-state index contributed by atoms with van der Waals surface area (Å²) in [4.78, 5) is 10.6. The van der Waals surface area contributed by atoms with E-state index in [4.69, 9.17) is 9.29 Å². The summed E-state index contributed by atoms with van der Waals surface area (Å²) in [6.07, 6.45) is 1.95. The minimum absolute atomic E-state index is 0.162. The molecule has 1 atom stereocenters. The van der Waals surface area contributed by atoms with E-state index in [1.165, 1.54) is 6.08 Å². The summed E-state index contributed by atoms with van der Waals surface area (Å²) in [7, 11) is 0. The average Bonchev–Trinajstić information content (AvgIpc) is 2.16. The highest BCUT2D eigenvalue weighted by Gasteiger charge is 2.00. The van der Waals surface area contributed by atoms with Crippen molar-refractivity contribution in [3.63, 3.8) is 0 Å². The molecule has 5 heteroatoms. The smallest absolute Gasteiger partial charge is 0.245 e. The predicted octanol–water partition coefficient (Wildman–Crippen LogP) is 1.25. The highest BCUT2D eigenvalue weighted by molar-refractivity contribution is 7.94. The van der Waals surface area contributed by atoms with Crippen molar-refractivity contribution in [3.8, 4) is 0 Å². The second-order valence-electron chi connectivity index (χ2n) is 2.50. The molecule has 0 aliphatic rings. The number of amides is 1. The van der Waals surface area contributed by atoms with Crippen LogP contribution in [0.5, 0.6) is 0 Å². The van der Waals surface area contributed by atoms with Gasteiger partial charge in [0.2, 0.25) is 5.91 Å². The summed E-state index contributed by atoms with van der Waals surface area (Å²) in [5, 5.41) is 2.64. The first-order valence-electron chi connectivity index (χ1n) is 3.99. The summed E-state index contributed by atoms with van der Waals surface area (Å²) >= 11 is 0.810. The van der Waals surface area contributed by atoms with Gasteiger partial charge in [-0.3, -0.25) is 4.79 Å². The summed E-state index contributed by atoms with van der Waals surface area (Å²) in [5.74, 6) is -0.246. The molecule has 2 N–H and O–H groups in total. The van der Waals surface area contributed by atoms with Crippen LogP contribution in [-0.4, -0.2) is 29.0 Å². The molecule has 0 aromatic heterocycles. The van der Waals surface area contributed by atoms with Gasteiger partial charge in [-0.05, 0) is 24.5 Å². The van der Waals surface area contributed by atoms with Crippen molar-refractivity contribution >= 4 is 17.9 Å². The Morgan fingerprint density at radius 3 is 3.08 bits per heavy atom. The Balaban J connectivity index is 3.17. The van der Waals surface area contributed by atoms with Gasteiger partial charge in [0.15, 0.2) is 0 Å². The molecular weight excluding hydrogens is 190 g/mol. The Hall–Kier alpha value is -0.520. The van der Waals surface area contributed by atoms with Crippen LogP contribution in [0.3, 0.4) is 0 Å². The Morgan fingerprint density at radius 1 is 1.85 bits per heavy atom. The van der Waals surface area contributed by atoms with E-state index in [2.05, 4.69) is 11.9 Å². The highest BCUT2D eigenvalue weighted by Crippen LogP contribution is 2.08. The number of rotatable bonds is 7. The van der Waals surface area contributed by atoms with Crippen LogP contribution in [0, 0.1) is 0 Å². The number of carbonyl (C=O) groups excluding carboxylic acids is 1. The summed E-state index contributed by atoms with van der Waals surface area (Å²) in [6, 6.07) is 0. The Bertz CT molecular complexity index is 163. The van der Waals surface area contributed by atoms with Gasteiger partial charge < -0.3 is 14.6 Å². The number of carbonyl (C=O) groups is 1. The van der Waals surface area contributed by atoms with Gasteiger partial charge in [-0.2, -0.15) is 0 Å². The molecule has 0 saturated heterocycles. The third-order valence-electron chi connectivity index (χ3n) is 1.38. The maximum atomic E-state index is 10.6. The first-order valence-corrected chi connectivity index (χ1v) is 4.82.